The van der Waals surface area contributed by atoms with Gasteiger partial charge in [0.25, 0.3) is 0 Å². The lowest BCUT2D eigenvalue weighted by Gasteiger charge is -2.08. The van der Waals surface area contributed by atoms with Gasteiger partial charge in [0.2, 0.25) is 0 Å². The van der Waals surface area contributed by atoms with Gasteiger partial charge in [-0.15, -0.1) is 11.6 Å². The minimum absolute atomic E-state index is 0.265. The molecule has 0 aliphatic rings. The van der Waals surface area contributed by atoms with Crippen molar-refractivity contribution in [2.75, 3.05) is 12.4 Å². The van der Waals surface area contributed by atoms with Gasteiger partial charge in [0.15, 0.2) is 0 Å². The monoisotopic (exact) mass is 213 g/mol. The predicted molar refractivity (Wildman–Crippen MR) is 59.5 cm³/mol. The molecule has 0 aromatic heterocycles. The fourth-order valence-corrected chi connectivity index (χ4v) is 1.45. The summed E-state index contributed by atoms with van der Waals surface area (Å²) in [6.07, 6.45) is 1.43. The average Bonchev–Trinajstić information content (AvgIpc) is 2.26. The molecule has 0 saturated heterocycles. The van der Waals surface area contributed by atoms with Crippen LogP contribution >= 0.6 is 11.6 Å². The second kappa shape index (κ2) is 6.02. The number of halogens is 1. The fourth-order valence-electron chi connectivity index (χ4n) is 1.31. The summed E-state index contributed by atoms with van der Waals surface area (Å²) in [5.74, 6) is 0.688. The smallest absolute Gasteiger partial charge is 0.0912 e. The average molecular weight is 214 g/mol. The van der Waals surface area contributed by atoms with Gasteiger partial charge in [-0.25, -0.2) is 0 Å². The molecule has 0 fully saturated rings. The van der Waals surface area contributed by atoms with E-state index in [9.17, 15) is 5.11 Å². The molecule has 0 heterocycles. The highest BCUT2D eigenvalue weighted by atomic mass is 35.5. The summed E-state index contributed by atoms with van der Waals surface area (Å²) in [6.45, 7) is 0.265. The molecule has 0 amide bonds. The molecule has 1 atom stereocenters. The Labute approximate surface area is 89.7 Å². The number of aliphatic hydroxyl groups excluding tert-OH is 1. The molecule has 78 valence electrons. The van der Waals surface area contributed by atoms with Crippen LogP contribution < -0.4 is 5.73 Å². The minimum Gasteiger partial charge on any atom is -0.387 e. The summed E-state index contributed by atoms with van der Waals surface area (Å²) in [4.78, 5) is 0. The van der Waals surface area contributed by atoms with E-state index in [-0.39, 0.29) is 6.54 Å². The Hall–Kier alpha value is -0.570. The summed E-state index contributed by atoms with van der Waals surface area (Å²) in [6, 6.07) is 7.86. The lowest BCUT2D eigenvalue weighted by Crippen LogP contribution is -2.11. The van der Waals surface area contributed by atoms with Crippen molar-refractivity contribution in [3.63, 3.8) is 0 Å². The molecule has 0 aliphatic heterocycles. The number of nitrogens with two attached hydrogens (primary N) is 1. The molecule has 0 saturated carbocycles. The Morgan fingerprint density at radius 1 is 1.29 bits per heavy atom. The maximum absolute atomic E-state index is 9.45. The third-order valence-corrected chi connectivity index (χ3v) is 2.45. The SMILES string of the molecule is NC[C@H](O)c1ccc(CCCCl)cc1. The number of alkyl halides is 1. The van der Waals surface area contributed by atoms with Crippen molar-refractivity contribution in [2.24, 2.45) is 5.73 Å². The number of aryl methyl sites for hydroxylation is 1. The quantitative estimate of drug-likeness (QED) is 0.734. The van der Waals surface area contributed by atoms with Gasteiger partial charge in [0.05, 0.1) is 6.10 Å². The molecule has 3 N–H and O–H groups in total. The third kappa shape index (κ3) is 3.29. The van der Waals surface area contributed by atoms with E-state index < -0.39 is 6.10 Å². The van der Waals surface area contributed by atoms with Crippen molar-refractivity contribution >= 4 is 11.6 Å². The molecule has 0 spiro atoms. The van der Waals surface area contributed by atoms with E-state index in [1.54, 1.807) is 0 Å². The highest BCUT2D eigenvalue weighted by Crippen LogP contribution is 2.13. The van der Waals surface area contributed by atoms with Crippen molar-refractivity contribution in [3.8, 4) is 0 Å². The van der Waals surface area contributed by atoms with Crippen LogP contribution in [0.5, 0.6) is 0 Å². The van der Waals surface area contributed by atoms with Crippen LogP contribution in [0.3, 0.4) is 0 Å². The van der Waals surface area contributed by atoms with Crippen LogP contribution in [0.25, 0.3) is 0 Å². The van der Waals surface area contributed by atoms with Gasteiger partial charge in [-0.1, -0.05) is 24.3 Å². The first kappa shape index (κ1) is 11.5. The summed E-state index contributed by atoms with van der Waals surface area (Å²) in [7, 11) is 0. The second-order valence-corrected chi connectivity index (χ2v) is 3.66. The number of hydrogen-bond donors (Lipinski definition) is 2. The van der Waals surface area contributed by atoms with E-state index in [1.807, 2.05) is 24.3 Å². The van der Waals surface area contributed by atoms with Crippen LogP contribution in [0.15, 0.2) is 24.3 Å². The normalized spacial score (nSPS) is 12.8. The zero-order valence-electron chi connectivity index (χ0n) is 8.12. The predicted octanol–water partition coefficient (Wildman–Crippen LogP) is 1.85. The van der Waals surface area contributed by atoms with Crippen LogP contribution in [0.1, 0.15) is 23.7 Å². The van der Waals surface area contributed by atoms with E-state index in [1.165, 1.54) is 5.56 Å². The standard InChI is InChI=1S/C11H16ClNO/c12-7-1-2-9-3-5-10(6-4-9)11(14)8-13/h3-6,11,14H,1-2,7-8,13H2/t11-/m0/s1. The first-order valence-electron chi connectivity index (χ1n) is 4.81. The molecular weight excluding hydrogens is 198 g/mol. The Bertz CT molecular complexity index is 260. The van der Waals surface area contributed by atoms with Crippen LogP contribution in [0.4, 0.5) is 0 Å². The Morgan fingerprint density at radius 2 is 1.93 bits per heavy atom. The van der Waals surface area contributed by atoms with Crippen molar-refractivity contribution in [1.82, 2.24) is 0 Å². The Balaban J connectivity index is 2.59. The van der Waals surface area contributed by atoms with E-state index in [4.69, 9.17) is 17.3 Å². The van der Waals surface area contributed by atoms with E-state index in [0.29, 0.717) is 5.88 Å². The van der Waals surface area contributed by atoms with Crippen LogP contribution in [0.2, 0.25) is 0 Å². The molecule has 1 aromatic rings. The van der Waals surface area contributed by atoms with Crippen molar-refractivity contribution in [3.05, 3.63) is 35.4 Å². The molecule has 3 heteroatoms. The number of rotatable bonds is 5. The molecule has 1 aromatic carbocycles. The third-order valence-electron chi connectivity index (χ3n) is 2.19. The Morgan fingerprint density at radius 3 is 2.43 bits per heavy atom. The van der Waals surface area contributed by atoms with Gasteiger partial charge < -0.3 is 10.8 Å². The van der Waals surface area contributed by atoms with E-state index in [0.717, 1.165) is 18.4 Å². The summed E-state index contributed by atoms with van der Waals surface area (Å²) in [5, 5.41) is 9.45. The largest absolute Gasteiger partial charge is 0.387 e. The fraction of sp³-hybridized carbons (Fsp3) is 0.455. The highest BCUT2D eigenvalue weighted by Gasteiger charge is 2.03. The summed E-state index contributed by atoms with van der Waals surface area (Å²) < 4.78 is 0. The van der Waals surface area contributed by atoms with E-state index in [2.05, 4.69) is 0 Å². The number of aliphatic hydroxyl groups is 1. The minimum atomic E-state index is -0.544. The summed E-state index contributed by atoms with van der Waals surface area (Å²) >= 11 is 5.60. The molecule has 14 heavy (non-hydrogen) atoms. The number of hydrogen-bond acceptors (Lipinski definition) is 2. The lowest BCUT2D eigenvalue weighted by atomic mass is 10.0. The highest BCUT2D eigenvalue weighted by molar-refractivity contribution is 6.17. The topological polar surface area (TPSA) is 46.2 Å². The lowest BCUT2D eigenvalue weighted by molar-refractivity contribution is 0.186. The van der Waals surface area contributed by atoms with Gasteiger partial charge in [-0.3, -0.25) is 0 Å². The molecule has 0 aliphatic carbocycles. The van der Waals surface area contributed by atoms with Gasteiger partial charge in [0, 0.05) is 12.4 Å². The molecule has 1 rings (SSSR count). The molecule has 2 nitrogen and oxygen atoms in total. The summed E-state index contributed by atoms with van der Waals surface area (Å²) in [5.41, 5.74) is 7.48. The van der Waals surface area contributed by atoms with Gasteiger partial charge in [-0.2, -0.15) is 0 Å². The first-order chi connectivity index (χ1) is 6.77. The Kier molecular flexibility index (Phi) is 4.94. The maximum atomic E-state index is 9.45. The van der Waals surface area contributed by atoms with Crippen LogP contribution in [-0.4, -0.2) is 17.5 Å². The van der Waals surface area contributed by atoms with E-state index >= 15 is 0 Å². The van der Waals surface area contributed by atoms with Crippen molar-refractivity contribution in [2.45, 2.75) is 18.9 Å². The van der Waals surface area contributed by atoms with Crippen LogP contribution in [-0.2, 0) is 6.42 Å². The molecule has 0 radical (unpaired) electrons. The van der Waals surface area contributed by atoms with Gasteiger partial charge in [0.1, 0.15) is 0 Å². The molecule has 0 unspecified atom stereocenters. The van der Waals surface area contributed by atoms with Crippen molar-refractivity contribution < 1.29 is 5.11 Å². The zero-order valence-corrected chi connectivity index (χ0v) is 8.87. The molecular formula is C11H16ClNO. The first-order valence-corrected chi connectivity index (χ1v) is 5.34. The van der Waals surface area contributed by atoms with Crippen molar-refractivity contribution in [1.29, 1.82) is 0 Å². The maximum Gasteiger partial charge on any atom is 0.0912 e. The molecule has 0 bridgehead atoms. The van der Waals surface area contributed by atoms with Gasteiger partial charge >= 0.3 is 0 Å². The number of benzene rings is 1. The zero-order chi connectivity index (χ0) is 10.4. The van der Waals surface area contributed by atoms with Crippen LogP contribution in [0, 0.1) is 0 Å². The van der Waals surface area contributed by atoms with Gasteiger partial charge in [-0.05, 0) is 24.0 Å². The second-order valence-electron chi connectivity index (χ2n) is 3.29.